The number of methoxy groups -OCH3 is 1. The van der Waals surface area contributed by atoms with Gasteiger partial charge in [-0.2, -0.15) is 0 Å². The van der Waals surface area contributed by atoms with Crippen molar-refractivity contribution >= 4 is 34.5 Å². The molecule has 3 aromatic rings. The SMILES string of the molecule is CCC(=O)Nc1ccc(C)c(NC(=O)c2cc(-c3ccc(OC)cc3)c(C)s2)c1. The molecule has 0 aliphatic rings. The molecule has 29 heavy (non-hydrogen) atoms. The van der Waals surface area contributed by atoms with Gasteiger partial charge in [-0.05, 0) is 60.9 Å². The van der Waals surface area contributed by atoms with E-state index in [0.29, 0.717) is 22.7 Å². The van der Waals surface area contributed by atoms with E-state index in [0.717, 1.165) is 27.3 Å². The first-order valence-electron chi connectivity index (χ1n) is 9.38. The molecule has 5 nitrogen and oxygen atoms in total. The lowest BCUT2D eigenvalue weighted by atomic mass is 10.1. The van der Waals surface area contributed by atoms with E-state index in [9.17, 15) is 9.59 Å². The Hall–Kier alpha value is -3.12. The van der Waals surface area contributed by atoms with Gasteiger partial charge < -0.3 is 15.4 Å². The summed E-state index contributed by atoms with van der Waals surface area (Å²) < 4.78 is 5.21. The molecule has 0 radical (unpaired) electrons. The van der Waals surface area contributed by atoms with Crippen molar-refractivity contribution in [3.05, 3.63) is 63.8 Å². The van der Waals surface area contributed by atoms with Gasteiger partial charge in [-0.3, -0.25) is 9.59 Å². The van der Waals surface area contributed by atoms with Crippen LogP contribution in [0.15, 0.2) is 48.5 Å². The van der Waals surface area contributed by atoms with Gasteiger partial charge >= 0.3 is 0 Å². The molecule has 0 fully saturated rings. The summed E-state index contributed by atoms with van der Waals surface area (Å²) in [5.41, 5.74) is 4.35. The Morgan fingerprint density at radius 3 is 2.38 bits per heavy atom. The molecule has 0 unspecified atom stereocenters. The maximum atomic E-state index is 12.8. The zero-order chi connectivity index (χ0) is 21.0. The minimum atomic E-state index is -0.167. The Bertz CT molecular complexity index is 1040. The van der Waals surface area contributed by atoms with E-state index < -0.39 is 0 Å². The van der Waals surface area contributed by atoms with Gasteiger partial charge in [0.2, 0.25) is 5.91 Å². The Kier molecular flexibility index (Phi) is 6.34. The number of rotatable bonds is 6. The first kappa shape index (κ1) is 20.6. The van der Waals surface area contributed by atoms with Crippen LogP contribution in [0.25, 0.3) is 11.1 Å². The summed E-state index contributed by atoms with van der Waals surface area (Å²) in [6, 6.07) is 15.2. The highest BCUT2D eigenvalue weighted by Gasteiger charge is 2.15. The van der Waals surface area contributed by atoms with Gasteiger partial charge in [-0.25, -0.2) is 0 Å². The number of carbonyl (C=O) groups is 2. The Labute approximate surface area is 174 Å². The van der Waals surface area contributed by atoms with Crippen molar-refractivity contribution in [1.29, 1.82) is 0 Å². The molecule has 0 bridgehead atoms. The fourth-order valence-corrected chi connectivity index (χ4v) is 3.86. The van der Waals surface area contributed by atoms with Gasteiger partial charge in [0.05, 0.1) is 12.0 Å². The quantitative estimate of drug-likeness (QED) is 0.554. The molecule has 1 heterocycles. The van der Waals surface area contributed by atoms with Crippen LogP contribution in [0.1, 0.15) is 33.5 Å². The second kappa shape index (κ2) is 8.92. The number of thiophene rings is 1. The van der Waals surface area contributed by atoms with Crippen molar-refractivity contribution < 1.29 is 14.3 Å². The van der Waals surface area contributed by atoms with Gasteiger partial charge in [0, 0.05) is 22.7 Å². The van der Waals surface area contributed by atoms with Crippen LogP contribution in [0.5, 0.6) is 5.75 Å². The van der Waals surface area contributed by atoms with Crippen LogP contribution in [-0.4, -0.2) is 18.9 Å². The predicted molar refractivity (Wildman–Crippen MR) is 119 cm³/mol. The Morgan fingerprint density at radius 1 is 1.00 bits per heavy atom. The minimum absolute atomic E-state index is 0.0656. The molecule has 150 valence electrons. The molecule has 2 amide bonds. The molecule has 2 aromatic carbocycles. The number of benzene rings is 2. The summed E-state index contributed by atoms with van der Waals surface area (Å²) in [4.78, 5) is 26.2. The van der Waals surface area contributed by atoms with E-state index in [4.69, 9.17) is 4.74 Å². The lowest BCUT2D eigenvalue weighted by Gasteiger charge is -2.10. The van der Waals surface area contributed by atoms with E-state index >= 15 is 0 Å². The smallest absolute Gasteiger partial charge is 0.265 e. The van der Waals surface area contributed by atoms with E-state index in [2.05, 4.69) is 10.6 Å². The molecular weight excluding hydrogens is 384 g/mol. The molecule has 0 aliphatic carbocycles. The molecule has 0 saturated carbocycles. The van der Waals surface area contributed by atoms with Crippen molar-refractivity contribution in [1.82, 2.24) is 0 Å². The third kappa shape index (κ3) is 4.84. The second-order valence-electron chi connectivity index (χ2n) is 6.69. The zero-order valence-corrected chi connectivity index (χ0v) is 17.8. The molecule has 0 atom stereocenters. The van der Waals surface area contributed by atoms with E-state index in [1.165, 1.54) is 11.3 Å². The average Bonchev–Trinajstić information content (AvgIpc) is 3.12. The van der Waals surface area contributed by atoms with Gasteiger partial charge in [0.1, 0.15) is 5.75 Å². The van der Waals surface area contributed by atoms with Crippen molar-refractivity contribution in [2.24, 2.45) is 0 Å². The van der Waals surface area contributed by atoms with Crippen LogP contribution in [0.4, 0.5) is 11.4 Å². The van der Waals surface area contributed by atoms with Crippen molar-refractivity contribution in [2.75, 3.05) is 17.7 Å². The molecule has 0 aliphatic heterocycles. The van der Waals surface area contributed by atoms with Gasteiger partial charge in [-0.15, -0.1) is 11.3 Å². The highest BCUT2D eigenvalue weighted by atomic mass is 32.1. The Balaban J connectivity index is 1.81. The third-order valence-electron chi connectivity index (χ3n) is 4.63. The van der Waals surface area contributed by atoms with Gasteiger partial charge in [0.25, 0.3) is 5.91 Å². The molecular formula is C23H24N2O3S. The van der Waals surface area contributed by atoms with Crippen LogP contribution in [0.2, 0.25) is 0 Å². The molecule has 0 spiro atoms. The summed E-state index contributed by atoms with van der Waals surface area (Å²) in [6.45, 7) is 5.72. The fraction of sp³-hybridized carbons (Fsp3) is 0.217. The number of nitrogens with one attached hydrogen (secondary N) is 2. The van der Waals surface area contributed by atoms with Gasteiger partial charge in [0.15, 0.2) is 0 Å². The number of amides is 2. The van der Waals surface area contributed by atoms with E-state index in [-0.39, 0.29) is 11.8 Å². The number of hydrogen-bond acceptors (Lipinski definition) is 4. The third-order valence-corrected chi connectivity index (χ3v) is 5.68. The minimum Gasteiger partial charge on any atom is -0.497 e. The molecule has 1 aromatic heterocycles. The summed E-state index contributed by atoms with van der Waals surface area (Å²) in [5, 5.41) is 5.79. The summed E-state index contributed by atoms with van der Waals surface area (Å²) in [7, 11) is 1.64. The number of hydrogen-bond donors (Lipinski definition) is 2. The predicted octanol–water partition coefficient (Wildman–Crippen LogP) is 5.64. The number of ether oxygens (including phenoxy) is 1. The lowest BCUT2D eigenvalue weighted by Crippen LogP contribution is -2.13. The van der Waals surface area contributed by atoms with E-state index in [1.54, 1.807) is 20.1 Å². The van der Waals surface area contributed by atoms with Crippen molar-refractivity contribution in [2.45, 2.75) is 27.2 Å². The van der Waals surface area contributed by atoms with Crippen molar-refractivity contribution in [3.63, 3.8) is 0 Å². The first-order valence-corrected chi connectivity index (χ1v) is 10.2. The topological polar surface area (TPSA) is 67.4 Å². The van der Waals surface area contributed by atoms with Crippen LogP contribution in [-0.2, 0) is 4.79 Å². The highest BCUT2D eigenvalue weighted by Crippen LogP contribution is 2.32. The standard InChI is InChI=1S/C23H24N2O3S/c1-5-22(26)24-17-9-6-14(2)20(12-17)25-23(27)21-13-19(15(3)29-21)16-7-10-18(28-4)11-8-16/h6-13H,5H2,1-4H3,(H,24,26)(H,25,27). The maximum absolute atomic E-state index is 12.8. The summed E-state index contributed by atoms with van der Waals surface area (Å²) >= 11 is 1.46. The maximum Gasteiger partial charge on any atom is 0.265 e. The highest BCUT2D eigenvalue weighted by molar-refractivity contribution is 7.14. The monoisotopic (exact) mass is 408 g/mol. The van der Waals surface area contributed by atoms with Crippen LogP contribution < -0.4 is 15.4 Å². The molecule has 6 heteroatoms. The number of carbonyl (C=O) groups excluding carboxylic acids is 2. The number of aryl methyl sites for hydroxylation is 2. The molecule has 3 rings (SSSR count). The summed E-state index contributed by atoms with van der Waals surface area (Å²) in [5.74, 6) is 0.564. The van der Waals surface area contributed by atoms with Crippen LogP contribution in [0.3, 0.4) is 0 Å². The normalized spacial score (nSPS) is 10.5. The second-order valence-corrected chi connectivity index (χ2v) is 7.95. The van der Waals surface area contributed by atoms with Gasteiger partial charge in [-0.1, -0.05) is 25.1 Å². The number of anilines is 2. The molecule has 0 saturated heterocycles. The van der Waals surface area contributed by atoms with Crippen LogP contribution >= 0.6 is 11.3 Å². The Morgan fingerprint density at radius 2 is 1.72 bits per heavy atom. The summed E-state index contributed by atoms with van der Waals surface area (Å²) in [6.07, 6.45) is 0.401. The first-order chi connectivity index (χ1) is 13.9. The fourth-order valence-electron chi connectivity index (χ4n) is 2.92. The average molecular weight is 409 g/mol. The largest absolute Gasteiger partial charge is 0.497 e. The van der Waals surface area contributed by atoms with Crippen LogP contribution in [0, 0.1) is 13.8 Å². The van der Waals surface area contributed by atoms with Crippen molar-refractivity contribution in [3.8, 4) is 16.9 Å². The van der Waals surface area contributed by atoms with E-state index in [1.807, 2.05) is 56.3 Å². The lowest BCUT2D eigenvalue weighted by molar-refractivity contribution is -0.115. The molecule has 2 N–H and O–H groups in total. The zero-order valence-electron chi connectivity index (χ0n) is 17.0.